The van der Waals surface area contributed by atoms with Crippen molar-refractivity contribution in [3.63, 3.8) is 0 Å². The van der Waals surface area contributed by atoms with Crippen molar-refractivity contribution in [2.24, 2.45) is 11.8 Å². The van der Waals surface area contributed by atoms with E-state index >= 15 is 0 Å². The molecule has 2 saturated carbocycles. The molecule has 5 heteroatoms. The molecule has 40 heavy (non-hydrogen) atoms. The normalized spacial score (nSPS) is 35.4. The van der Waals surface area contributed by atoms with Gasteiger partial charge in [0.05, 0.1) is 11.7 Å². The van der Waals surface area contributed by atoms with Gasteiger partial charge in [-0.25, -0.2) is 0 Å². The van der Waals surface area contributed by atoms with E-state index in [1.54, 1.807) is 0 Å². The summed E-state index contributed by atoms with van der Waals surface area (Å²) in [6.07, 6.45) is 6.81. The predicted molar refractivity (Wildman–Crippen MR) is 153 cm³/mol. The molecule has 6 atom stereocenters. The van der Waals surface area contributed by atoms with Gasteiger partial charge in [0.15, 0.2) is 0 Å². The van der Waals surface area contributed by atoms with Gasteiger partial charge in [-0.15, -0.1) is 0 Å². The van der Waals surface area contributed by atoms with Crippen molar-refractivity contribution in [2.45, 2.75) is 67.7 Å². The number of fused-ring (bicyclic) bond motifs is 1. The van der Waals surface area contributed by atoms with Crippen LogP contribution in [0.2, 0.25) is 0 Å². The second-order valence-corrected chi connectivity index (χ2v) is 13.3. The number of phenolic OH excluding ortho intramolecular Hbond substituents is 1. The van der Waals surface area contributed by atoms with Crippen LogP contribution < -0.4 is 0 Å². The standard InChI is InChI=1S/C35H36N2O3/c38-27-12-11-25-18-31-35-14-13-29-32(34(35,28(25)19-27)15-16-36(31)20-22-9-10-22)30(40-35)21-37(29)33(39)26-8-4-7-24(17-26)23-5-2-1-3-6-23/h1-8,11-12,17,19,22,29-32,38H,9-10,13-16,18,20-21H2/t29?,30-,31?,32?,34?,35?/m1/s1. The average Bonchev–Trinajstić information content (AvgIpc) is 3.68. The fourth-order valence-corrected chi connectivity index (χ4v) is 9.88. The molecule has 5 nitrogen and oxygen atoms in total. The molecule has 6 aliphatic rings. The van der Waals surface area contributed by atoms with E-state index in [0.717, 1.165) is 54.8 Å². The number of nitrogens with zero attached hydrogens (tertiary/aromatic N) is 2. The van der Waals surface area contributed by atoms with Crippen LogP contribution >= 0.6 is 0 Å². The molecule has 1 amide bonds. The molecule has 9 rings (SSSR count). The van der Waals surface area contributed by atoms with Gasteiger partial charge in [-0.1, -0.05) is 48.5 Å². The second kappa shape index (κ2) is 8.20. The Bertz CT molecular complexity index is 1520. The molecule has 3 aliphatic carbocycles. The number of piperidine rings is 1. The average molecular weight is 533 g/mol. The summed E-state index contributed by atoms with van der Waals surface area (Å²) in [7, 11) is 0. The number of aromatic hydroxyl groups is 1. The lowest BCUT2D eigenvalue weighted by Gasteiger charge is -2.64. The SMILES string of the molecule is O=C(c1cccc(-c2ccccc2)c1)N1C[C@H]2OC34CCC1C2C31CCN(CC2CC2)C4Cc2ccc(O)cc21. The molecular formula is C35H36N2O3. The lowest BCUT2D eigenvalue weighted by Crippen LogP contribution is -2.74. The molecule has 0 aromatic heterocycles. The number of phenols is 1. The van der Waals surface area contributed by atoms with Gasteiger partial charge in [0.25, 0.3) is 5.91 Å². The van der Waals surface area contributed by atoms with Crippen LogP contribution in [0.5, 0.6) is 5.75 Å². The van der Waals surface area contributed by atoms with Gasteiger partial charge in [-0.3, -0.25) is 9.69 Å². The van der Waals surface area contributed by atoms with Crippen LogP contribution in [-0.4, -0.2) is 64.2 Å². The Kier molecular flexibility index (Phi) is 4.83. The van der Waals surface area contributed by atoms with Gasteiger partial charge in [-0.2, -0.15) is 0 Å². The van der Waals surface area contributed by atoms with E-state index in [-0.39, 0.29) is 35.0 Å². The number of carbonyl (C=O) groups excluding carboxylic acids is 1. The predicted octanol–water partition coefficient (Wildman–Crippen LogP) is 5.41. The van der Waals surface area contributed by atoms with E-state index in [0.29, 0.717) is 18.3 Å². The molecule has 5 unspecified atom stereocenters. The van der Waals surface area contributed by atoms with Crippen LogP contribution in [0, 0.1) is 11.8 Å². The van der Waals surface area contributed by atoms with Crippen molar-refractivity contribution in [3.05, 3.63) is 89.5 Å². The fraction of sp³-hybridized carbons (Fsp3) is 0.457. The summed E-state index contributed by atoms with van der Waals surface area (Å²) < 4.78 is 7.35. The van der Waals surface area contributed by atoms with Crippen molar-refractivity contribution in [3.8, 4) is 16.9 Å². The summed E-state index contributed by atoms with van der Waals surface area (Å²) in [6, 6.07) is 25.1. The molecule has 0 radical (unpaired) electrons. The minimum absolute atomic E-state index is 0.0467. The number of hydrogen-bond acceptors (Lipinski definition) is 4. The maximum atomic E-state index is 14.2. The van der Waals surface area contributed by atoms with E-state index in [2.05, 4.69) is 46.2 Å². The summed E-state index contributed by atoms with van der Waals surface area (Å²) in [5.74, 6) is 1.60. The zero-order chi connectivity index (χ0) is 26.6. The van der Waals surface area contributed by atoms with E-state index < -0.39 is 0 Å². The van der Waals surface area contributed by atoms with Crippen LogP contribution in [-0.2, 0) is 16.6 Å². The molecule has 3 saturated heterocycles. The van der Waals surface area contributed by atoms with Crippen LogP contribution in [0.15, 0.2) is 72.8 Å². The highest BCUT2D eigenvalue weighted by atomic mass is 16.5. The second-order valence-electron chi connectivity index (χ2n) is 13.3. The van der Waals surface area contributed by atoms with Crippen molar-refractivity contribution in [1.29, 1.82) is 0 Å². The number of likely N-dealkylation sites (tertiary alicyclic amines) is 2. The molecule has 5 fully saturated rings. The van der Waals surface area contributed by atoms with Gasteiger partial charge >= 0.3 is 0 Å². The van der Waals surface area contributed by atoms with E-state index in [9.17, 15) is 9.90 Å². The number of amides is 1. The summed E-state index contributed by atoms with van der Waals surface area (Å²) >= 11 is 0. The van der Waals surface area contributed by atoms with Crippen molar-refractivity contribution in [2.75, 3.05) is 19.6 Å². The molecule has 1 N–H and O–H groups in total. The molecule has 3 aromatic rings. The topological polar surface area (TPSA) is 53.0 Å². The summed E-state index contributed by atoms with van der Waals surface area (Å²) in [4.78, 5) is 19.1. The third-order valence-corrected chi connectivity index (χ3v) is 11.5. The van der Waals surface area contributed by atoms with Crippen molar-refractivity contribution in [1.82, 2.24) is 9.80 Å². The minimum Gasteiger partial charge on any atom is -0.508 e. The van der Waals surface area contributed by atoms with Crippen LogP contribution in [0.4, 0.5) is 0 Å². The van der Waals surface area contributed by atoms with Crippen LogP contribution in [0.25, 0.3) is 11.1 Å². The monoisotopic (exact) mass is 532 g/mol. The molecule has 4 bridgehead atoms. The van der Waals surface area contributed by atoms with Gasteiger partial charge in [0.2, 0.25) is 0 Å². The summed E-state index contributed by atoms with van der Waals surface area (Å²) in [5.41, 5.74) is 5.30. The Labute approximate surface area is 235 Å². The number of hydrogen-bond donors (Lipinski definition) is 1. The summed E-state index contributed by atoms with van der Waals surface area (Å²) in [5, 5.41) is 10.7. The van der Waals surface area contributed by atoms with Crippen molar-refractivity contribution >= 4 is 5.91 Å². The van der Waals surface area contributed by atoms with Gasteiger partial charge in [-0.05, 0) is 97.5 Å². The van der Waals surface area contributed by atoms with Gasteiger partial charge in [0, 0.05) is 42.1 Å². The van der Waals surface area contributed by atoms with Crippen LogP contribution in [0.3, 0.4) is 0 Å². The first-order valence-corrected chi connectivity index (χ1v) is 15.3. The maximum Gasteiger partial charge on any atom is 0.254 e. The highest BCUT2D eigenvalue weighted by Crippen LogP contribution is 2.69. The number of rotatable bonds is 4. The molecule has 3 aromatic carbocycles. The third kappa shape index (κ3) is 3.03. The third-order valence-electron chi connectivity index (χ3n) is 11.5. The van der Waals surface area contributed by atoms with Gasteiger partial charge in [0.1, 0.15) is 5.75 Å². The lowest BCUT2D eigenvalue weighted by molar-refractivity contribution is -0.171. The first kappa shape index (κ1) is 23.5. The zero-order valence-electron chi connectivity index (χ0n) is 22.8. The number of ether oxygens (including phenoxy) is 1. The number of carbonyl (C=O) groups is 1. The van der Waals surface area contributed by atoms with Crippen LogP contribution in [0.1, 0.15) is 53.6 Å². The molecule has 3 heterocycles. The number of benzene rings is 3. The Morgan fingerprint density at radius 1 is 0.950 bits per heavy atom. The van der Waals surface area contributed by atoms with Gasteiger partial charge < -0.3 is 14.7 Å². The van der Waals surface area contributed by atoms with E-state index in [1.807, 2.05) is 36.4 Å². The Balaban J connectivity index is 1.11. The molecule has 0 spiro atoms. The Morgan fingerprint density at radius 2 is 1.80 bits per heavy atom. The maximum absolute atomic E-state index is 14.2. The van der Waals surface area contributed by atoms with E-state index in [1.165, 1.54) is 30.5 Å². The first-order chi connectivity index (χ1) is 19.6. The first-order valence-electron chi connectivity index (χ1n) is 15.3. The van der Waals surface area contributed by atoms with Crippen molar-refractivity contribution < 1.29 is 14.6 Å². The fourth-order valence-electron chi connectivity index (χ4n) is 9.88. The Morgan fingerprint density at radius 3 is 2.65 bits per heavy atom. The Hall–Kier alpha value is -3.15. The highest BCUT2D eigenvalue weighted by molar-refractivity contribution is 5.96. The minimum atomic E-state index is -0.213. The summed E-state index contributed by atoms with van der Waals surface area (Å²) in [6.45, 7) is 2.95. The molecule has 204 valence electrons. The smallest absolute Gasteiger partial charge is 0.254 e. The highest BCUT2D eigenvalue weighted by Gasteiger charge is 2.78. The zero-order valence-corrected chi connectivity index (χ0v) is 22.8. The van der Waals surface area contributed by atoms with E-state index in [4.69, 9.17) is 4.74 Å². The molecular weight excluding hydrogens is 496 g/mol. The quantitative estimate of drug-likeness (QED) is 0.488. The lowest BCUT2D eigenvalue weighted by atomic mass is 9.46. The molecule has 3 aliphatic heterocycles. The largest absolute Gasteiger partial charge is 0.508 e.